The molecule has 1 aliphatic rings. The normalized spacial score (nSPS) is 15.9. The van der Waals surface area contributed by atoms with Gasteiger partial charge >= 0.3 is 0 Å². The van der Waals surface area contributed by atoms with E-state index >= 15 is 0 Å². The van der Waals surface area contributed by atoms with Crippen molar-refractivity contribution in [2.45, 2.75) is 26.2 Å². The van der Waals surface area contributed by atoms with Crippen LogP contribution >= 0.6 is 0 Å². The average Bonchev–Trinajstić information content (AvgIpc) is 3.24. The fourth-order valence-corrected chi connectivity index (χ4v) is 2.20. The Bertz CT molecular complexity index is 467. The Labute approximate surface area is 114 Å². The zero-order chi connectivity index (χ0) is 13.9. The van der Waals surface area contributed by atoms with Crippen molar-refractivity contribution in [3.05, 3.63) is 29.3 Å². The maximum Gasteiger partial charge on any atom is 0.251 e. The lowest BCUT2D eigenvalue weighted by atomic mass is 10.1. The molecule has 0 heterocycles. The quantitative estimate of drug-likeness (QED) is 0.820. The van der Waals surface area contributed by atoms with E-state index in [1.165, 1.54) is 0 Å². The molecule has 0 aliphatic heterocycles. The number of aryl methyl sites for hydroxylation is 1. The second-order valence-corrected chi connectivity index (χ2v) is 5.27. The van der Waals surface area contributed by atoms with Gasteiger partial charge in [-0.3, -0.25) is 4.79 Å². The average molecular weight is 262 g/mol. The summed E-state index contributed by atoms with van der Waals surface area (Å²) in [7, 11) is 1.65. The highest BCUT2D eigenvalue weighted by Gasteiger charge is 2.41. The van der Waals surface area contributed by atoms with Crippen LogP contribution < -0.4 is 15.8 Å². The van der Waals surface area contributed by atoms with Crippen LogP contribution in [0.5, 0.6) is 5.75 Å². The van der Waals surface area contributed by atoms with Gasteiger partial charge in [0.1, 0.15) is 5.75 Å². The van der Waals surface area contributed by atoms with Gasteiger partial charge in [-0.2, -0.15) is 0 Å². The molecule has 0 saturated heterocycles. The Morgan fingerprint density at radius 2 is 2.21 bits per heavy atom. The molecule has 0 unspecified atom stereocenters. The molecular formula is C15H22N2O2. The van der Waals surface area contributed by atoms with Crippen molar-refractivity contribution < 1.29 is 9.53 Å². The van der Waals surface area contributed by atoms with Crippen LogP contribution in [0, 0.1) is 5.41 Å². The number of rotatable bonds is 6. The number of methoxy groups -OCH3 is 1. The van der Waals surface area contributed by atoms with Crippen LogP contribution in [-0.2, 0) is 6.42 Å². The first-order valence-electron chi connectivity index (χ1n) is 6.79. The summed E-state index contributed by atoms with van der Waals surface area (Å²) < 4.78 is 5.26. The van der Waals surface area contributed by atoms with Crippen LogP contribution in [0.4, 0.5) is 0 Å². The van der Waals surface area contributed by atoms with Crippen LogP contribution in [0.15, 0.2) is 18.2 Å². The van der Waals surface area contributed by atoms with Gasteiger partial charge in [0.05, 0.1) is 7.11 Å². The number of nitrogens with two attached hydrogens (primary N) is 1. The fourth-order valence-electron chi connectivity index (χ4n) is 2.20. The van der Waals surface area contributed by atoms with E-state index in [4.69, 9.17) is 10.5 Å². The standard InChI is InChI=1S/C15H22N2O2/c1-3-11-8-12(4-5-13(11)19-2)14(18)17-10-15(9-16)6-7-15/h4-5,8H,3,6-7,9-10,16H2,1-2H3,(H,17,18). The maximum absolute atomic E-state index is 12.1. The minimum Gasteiger partial charge on any atom is -0.496 e. The van der Waals surface area contributed by atoms with Crippen molar-refractivity contribution in [3.63, 3.8) is 0 Å². The topological polar surface area (TPSA) is 64.4 Å². The zero-order valence-electron chi connectivity index (χ0n) is 11.7. The molecule has 1 fully saturated rings. The molecule has 2 rings (SSSR count). The molecule has 0 radical (unpaired) electrons. The van der Waals surface area contributed by atoms with Gasteiger partial charge in [0.25, 0.3) is 5.91 Å². The number of hydrogen-bond acceptors (Lipinski definition) is 3. The first-order chi connectivity index (χ1) is 9.14. The molecule has 4 nitrogen and oxygen atoms in total. The minimum absolute atomic E-state index is 0.0305. The van der Waals surface area contributed by atoms with E-state index in [0.717, 1.165) is 30.6 Å². The van der Waals surface area contributed by atoms with Gasteiger partial charge in [-0.25, -0.2) is 0 Å². The monoisotopic (exact) mass is 262 g/mol. The third-order valence-electron chi connectivity index (χ3n) is 3.94. The molecule has 4 heteroatoms. The molecule has 104 valence electrons. The Hall–Kier alpha value is -1.55. The lowest BCUT2D eigenvalue weighted by Gasteiger charge is -2.14. The van der Waals surface area contributed by atoms with Crippen LogP contribution in [0.2, 0.25) is 0 Å². The second-order valence-electron chi connectivity index (χ2n) is 5.27. The number of carbonyl (C=O) groups excluding carboxylic acids is 1. The largest absolute Gasteiger partial charge is 0.496 e. The third kappa shape index (κ3) is 3.07. The maximum atomic E-state index is 12.1. The van der Waals surface area contributed by atoms with Gasteiger partial charge in [-0.15, -0.1) is 0 Å². The van der Waals surface area contributed by atoms with E-state index in [-0.39, 0.29) is 11.3 Å². The highest BCUT2D eigenvalue weighted by molar-refractivity contribution is 5.94. The lowest BCUT2D eigenvalue weighted by Crippen LogP contribution is -2.33. The van der Waals surface area contributed by atoms with Gasteiger partial charge in [-0.1, -0.05) is 6.92 Å². The first-order valence-corrected chi connectivity index (χ1v) is 6.79. The zero-order valence-corrected chi connectivity index (χ0v) is 11.7. The highest BCUT2D eigenvalue weighted by Crippen LogP contribution is 2.43. The van der Waals surface area contributed by atoms with Crippen molar-refractivity contribution in [1.29, 1.82) is 0 Å². The predicted octanol–water partition coefficient (Wildman–Crippen LogP) is 1.73. The van der Waals surface area contributed by atoms with Gasteiger partial charge in [-0.05, 0) is 49.6 Å². The summed E-state index contributed by atoms with van der Waals surface area (Å²) in [5.41, 5.74) is 7.61. The summed E-state index contributed by atoms with van der Waals surface area (Å²) >= 11 is 0. The van der Waals surface area contributed by atoms with Crippen molar-refractivity contribution in [1.82, 2.24) is 5.32 Å². The van der Waals surface area contributed by atoms with Crippen LogP contribution in [-0.4, -0.2) is 26.1 Å². The molecule has 0 spiro atoms. The number of amides is 1. The van der Waals surface area contributed by atoms with E-state index in [0.29, 0.717) is 18.7 Å². The SMILES string of the molecule is CCc1cc(C(=O)NCC2(CN)CC2)ccc1OC. The number of hydrogen-bond donors (Lipinski definition) is 2. The Morgan fingerprint density at radius 1 is 1.47 bits per heavy atom. The molecule has 1 aliphatic carbocycles. The third-order valence-corrected chi connectivity index (χ3v) is 3.94. The molecule has 0 aromatic heterocycles. The van der Waals surface area contributed by atoms with Crippen molar-refractivity contribution >= 4 is 5.91 Å². The lowest BCUT2D eigenvalue weighted by molar-refractivity contribution is 0.0945. The second kappa shape index (κ2) is 5.61. The molecule has 0 bridgehead atoms. The molecular weight excluding hydrogens is 240 g/mol. The Balaban J connectivity index is 2.02. The Kier molecular flexibility index (Phi) is 4.10. The van der Waals surface area contributed by atoms with Crippen molar-refractivity contribution in [2.24, 2.45) is 11.1 Å². The summed E-state index contributed by atoms with van der Waals surface area (Å²) in [6.45, 7) is 3.37. The van der Waals surface area contributed by atoms with E-state index in [1.54, 1.807) is 13.2 Å². The Morgan fingerprint density at radius 3 is 2.74 bits per heavy atom. The molecule has 1 aromatic rings. The fraction of sp³-hybridized carbons (Fsp3) is 0.533. The van der Waals surface area contributed by atoms with Crippen LogP contribution in [0.25, 0.3) is 0 Å². The molecule has 0 atom stereocenters. The van der Waals surface area contributed by atoms with E-state index < -0.39 is 0 Å². The number of ether oxygens (including phenoxy) is 1. The van der Waals surface area contributed by atoms with Gasteiger partial charge in [0.15, 0.2) is 0 Å². The summed E-state index contributed by atoms with van der Waals surface area (Å²) in [5.74, 6) is 0.803. The molecule has 19 heavy (non-hydrogen) atoms. The van der Waals surface area contributed by atoms with Crippen molar-refractivity contribution in [3.8, 4) is 5.75 Å². The van der Waals surface area contributed by atoms with Crippen LogP contribution in [0.3, 0.4) is 0 Å². The van der Waals surface area contributed by atoms with Gasteiger partial charge in [0, 0.05) is 17.5 Å². The molecule has 3 N–H and O–H groups in total. The molecule has 1 aromatic carbocycles. The van der Waals surface area contributed by atoms with Gasteiger partial charge < -0.3 is 15.8 Å². The highest BCUT2D eigenvalue weighted by atomic mass is 16.5. The molecule has 1 amide bonds. The van der Waals surface area contributed by atoms with Crippen LogP contribution in [0.1, 0.15) is 35.7 Å². The van der Waals surface area contributed by atoms with Crippen molar-refractivity contribution in [2.75, 3.05) is 20.2 Å². The van der Waals surface area contributed by atoms with E-state index in [2.05, 4.69) is 5.32 Å². The summed E-state index contributed by atoms with van der Waals surface area (Å²) in [6, 6.07) is 5.55. The summed E-state index contributed by atoms with van der Waals surface area (Å²) in [6.07, 6.45) is 3.08. The van der Waals surface area contributed by atoms with E-state index in [1.807, 2.05) is 19.1 Å². The smallest absolute Gasteiger partial charge is 0.251 e. The molecule has 1 saturated carbocycles. The number of benzene rings is 1. The minimum atomic E-state index is -0.0305. The summed E-state index contributed by atoms with van der Waals surface area (Å²) in [4.78, 5) is 12.1. The first kappa shape index (κ1) is 13.9. The van der Waals surface area contributed by atoms with E-state index in [9.17, 15) is 4.79 Å². The predicted molar refractivity (Wildman–Crippen MR) is 75.4 cm³/mol. The van der Waals surface area contributed by atoms with Gasteiger partial charge in [0.2, 0.25) is 0 Å². The number of carbonyl (C=O) groups is 1. The number of nitrogens with one attached hydrogen (secondary N) is 1. The summed E-state index contributed by atoms with van der Waals surface area (Å²) in [5, 5.41) is 2.98.